The third-order valence-corrected chi connectivity index (χ3v) is 0.837. The molecular formula is C7H13O. The van der Waals surface area contributed by atoms with Gasteiger partial charge in [0.05, 0.1) is 6.61 Å². The summed E-state index contributed by atoms with van der Waals surface area (Å²) in [6.45, 7) is 8.01. The van der Waals surface area contributed by atoms with Gasteiger partial charge in [0.2, 0.25) is 0 Å². The lowest BCUT2D eigenvalue weighted by Crippen LogP contribution is -1.86. The Kier molecular flexibility index (Phi) is 6.45. The van der Waals surface area contributed by atoms with Gasteiger partial charge in [0.1, 0.15) is 0 Å². The first-order chi connectivity index (χ1) is 3.91. The molecule has 0 aromatic carbocycles. The van der Waals surface area contributed by atoms with Gasteiger partial charge in [-0.25, -0.2) is 0 Å². The molecule has 47 valence electrons. The van der Waals surface area contributed by atoms with Crippen molar-refractivity contribution in [3.8, 4) is 0 Å². The number of hydrogen-bond donors (Lipinski definition) is 0. The molecule has 0 aliphatic heterocycles. The SMILES string of the molecule is C=CCCCO[CH]C. The van der Waals surface area contributed by atoms with E-state index in [-0.39, 0.29) is 0 Å². The molecule has 0 spiro atoms. The molecule has 0 atom stereocenters. The third-order valence-electron chi connectivity index (χ3n) is 0.837. The Labute approximate surface area is 51.4 Å². The minimum atomic E-state index is 0.822. The first-order valence-corrected chi connectivity index (χ1v) is 2.92. The van der Waals surface area contributed by atoms with E-state index in [1.807, 2.05) is 13.0 Å². The number of unbranched alkanes of at least 4 members (excludes halogenated alkanes) is 1. The monoisotopic (exact) mass is 113 g/mol. The van der Waals surface area contributed by atoms with Crippen LogP contribution < -0.4 is 0 Å². The summed E-state index contributed by atoms with van der Waals surface area (Å²) >= 11 is 0. The van der Waals surface area contributed by atoms with Crippen LogP contribution in [0.1, 0.15) is 19.8 Å². The molecule has 0 heterocycles. The van der Waals surface area contributed by atoms with Gasteiger partial charge in [0.15, 0.2) is 0 Å². The largest absolute Gasteiger partial charge is 0.376 e. The summed E-state index contributed by atoms with van der Waals surface area (Å²) in [5.74, 6) is 0. The topological polar surface area (TPSA) is 9.23 Å². The Morgan fingerprint density at radius 2 is 2.38 bits per heavy atom. The number of rotatable bonds is 5. The highest BCUT2D eigenvalue weighted by molar-refractivity contribution is 4.64. The second-order valence-corrected chi connectivity index (χ2v) is 1.54. The average molecular weight is 113 g/mol. The highest BCUT2D eigenvalue weighted by Crippen LogP contribution is 1.90. The van der Waals surface area contributed by atoms with Gasteiger partial charge in [0, 0.05) is 6.61 Å². The maximum absolute atomic E-state index is 4.96. The smallest absolute Gasteiger partial charge is 0.0805 e. The molecule has 0 aromatic heterocycles. The fourth-order valence-electron chi connectivity index (χ4n) is 0.429. The van der Waals surface area contributed by atoms with Crippen LogP contribution in [0.2, 0.25) is 0 Å². The Morgan fingerprint density at radius 1 is 1.62 bits per heavy atom. The van der Waals surface area contributed by atoms with Crippen LogP contribution in [0.15, 0.2) is 12.7 Å². The van der Waals surface area contributed by atoms with Crippen LogP contribution in [0.3, 0.4) is 0 Å². The van der Waals surface area contributed by atoms with Crippen molar-refractivity contribution in [3.63, 3.8) is 0 Å². The first kappa shape index (κ1) is 7.70. The minimum Gasteiger partial charge on any atom is -0.376 e. The summed E-state index contributed by atoms with van der Waals surface area (Å²) in [5.41, 5.74) is 0. The number of hydrogen-bond acceptors (Lipinski definition) is 1. The quantitative estimate of drug-likeness (QED) is 0.392. The molecule has 0 aromatic rings. The van der Waals surface area contributed by atoms with Gasteiger partial charge in [-0.1, -0.05) is 6.08 Å². The molecule has 1 heteroatoms. The van der Waals surface area contributed by atoms with Crippen molar-refractivity contribution in [2.45, 2.75) is 19.8 Å². The van der Waals surface area contributed by atoms with Crippen molar-refractivity contribution in [1.29, 1.82) is 0 Å². The summed E-state index contributed by atoms with van der Waals surface area (Å²) in [4.78, 5) is 0. The molecule has 0 bridgehead atoms. The highest BCUT2D eigenvalue weighted by atomic mass is 16.5. The van der Waals surface area contributed by atoms with Gasteiger partial charge in [0.25, 0.3) is 0 Å². The molecule has 0 fully saturated rings. The van der Waals surface area contributed by atoms with E-state index in [0.717, 1.165) is 19.4 Å². The standard InChI is InChI=1S/C7H13O/c1-3-5-6-7-8-4-2/h3-4H,1,5-7H2,2H3. The van der Waals surface area contributed by atoms with Crippen LogP contribution in [0, 0.1) is 6.61 Å². The molecule has 0 N–H and O–H groups in total. The molecule has 1 nitrogen and oxygen atoms in total. The van der Waals surface area contributed by atoms with Crippen LogP contribution >= 0.6 is 0 Å². The van der Waals surface area contributed by atoms with Gasteiger partial charge in [-0.05, 0) is 19.8 Å². The lowest BCUT2D eigenvalue weighted by Gasteiger charge is -1.94. The molecule has 0 unspecified atom stereocenters. The predicted octanol–water partition coefficient (Wildman–Crippen LogP) is 2.15. The Morgan fingerprint density at radius 3 is 2.88 bits per heavy atom. The van der Waals surface area contributed by atoms with Gasteiger partial charge >= 0.3 is 0 Å². The normalized spacial score (nSPS) is 9.12. The zero-order valence-corrected chi connectivity index (χ0v) is 5.39. The average Bonchev–Trinajstić information content (AvgIpc) is 1.81. The zero-order chi connectivity index (χ0) is 6.24. The summed E-state index contributed by atoms with van der Waals surface area (Å²) < 4.78 is 4.96. The predicted molar refractivity (Wildman–Crippen MR) is 35.4 cm³/mol. The third kappa shape index (κ3) is 5.70. The maximum atomic E-state index is 4.96. The molecule has 0 rings (SSSR count). The Balaban J connectivity index is 2.62. The summed E-state index contributed by atoms with van der Waals surface area (Å²) in [6.07, 6.45) is 4.03. The molecule has 1 radical (unpaired) electrons. The molecule has 0 saturated carbocycles. The number of ether oxygens (including phenoxy) is 1. The van der Waals surface area contributed by atoms with Gasteiger partial charge in [-0.15, -0.1) is 6.58 Å². The molecule has 0 amide bonds. The van der Waals surface area contributed by atoms with Crippen LogP contribution in [0.25, 0.3) is 0 Å². The van der Waals surface area contributed by atoms with Gasteiger partial charge in [-0.3, -0.25) is 0 Å². The molecule has 8 heavy (non-hydrogen) atoms. The lowest BCUT2D eigenvalue weighted by atomic mass is 10.3. The van der Waals surface area contributed by atoms with E-state index in [9.17, 15) is 0 Å². The van der Waals surface area contributed by atoms with Crippen LogP contribution in [-0.4, -0.2) is 6.61 Å². The molecular weight excluding hydrogens is 100 g/mol. The van der Waals surface area contributed by atoms with E-state index >= 15 is 0 Å². The van der Waals surface area contributed by atoms with Crippen molar-refractivity contribution in [2.75, 3.05) is 6.61 Å². The van der Waals surface area contributed by atoms with Gasteiger partial charge < -0.3 is 4.74 Å². The van der Waals surface area contributed by atoms with E-state index < -0.39 is 0 Å². The Hall–Kier alpha value is -0.300. The van der Waals surface area contributed by atoms with Crippen molar-refractivity contribution in [3.05, 3.63) is 19.3 Å². The van der Waals surface area contributed by atoms with Crippen molar-refractivity contribution in [2.24, 2.45) is 0 Å². The minimum absolute atomic E-state index is 0.822. The fourth-order valence-corrected chi connectivity index (χ4v) is 0.429. The van der Waals surface area contributed by atoms with E-state index in [1.54, 1.807) is 6.61 Å². The number of allylic oxidation sites excluding steroid dienone is 1. The van der Waals surface area contributed by atoms with Crippen LogP contribution in [0.5, 0.6) is 0 Å². The van der Waals surface area contributed by atoms with Crippen LogP contribution in [0.4, 0.5) is 0 Å². The molecule has 0 saturated heterocycles. The summed E-state index contributed by atoms with van der Waals surface area (Å²) in [5, 5.41) is 0. The van der Waals surface area contributed by atoms with Crippen molar-refractivity contribution < 1.29 is 4.74 Å². The fraction of sp³-hybridized carbons (Fsp3) is 0.571. The van der Waals surface area contributed by atoms with E-state index in [2.05, 4.69) is 6.58 Å². The van der Waals surface area contributed by atoms with E-state index in [0.29, 0.717) is 0 Å². The van der Waals surface area contributed by atoms with E-state index in [1.165, 1.54) is 0 Å². The zero-order valence-electron chi connectivity index (χ0n) is 5.39. The van der Waals surface area contributed by atoms with Crippen LogP contribution in [-0.2, 0) is 4.74 Å². The van der Waals surface area contributed by atoms with Crippen molar-refractivity contribution in [1.82, 2.24) is 0 Å². The second kappa shape index (κ2) is 6.70. The second-order valence-electron chi connectivity index (χ2n) is 1.54. The van der Waals surface area contributed by atoms with Gasteiger partial charge in [-0.2, -0.15) is 0 Å². The Bertz CT molecular complexity index is 50.3. The molecule has 0 aliphatic carbocycles. The maximum Gasteiger partial charge on any atom is 0.0805 e. The first-order valence-electron chi connectivity index (χ1n) is 2.92. The van der Waals surface area contributed by atoms with E-state index in [4.69, 9.17) is 4.74 Å². The van der Waals surface area contributed by atoms with Crippen molar-refractivity contribution >= 4 is 0 Å². The summed E-state index contributed by atoms with van der Waals surface area (Å²) in [7, 11) is 0. The summed E-state index contributed by atoms with van der Waals surface area (Å²) in [6, 6.07) is 0. The molecule has 0 aliphatic rings. The highest BCUT2D eigenvalue weighted by Gasteiger charge is 1.80. The lowest BCUT2D eigenvalue weighted by molar-refractivity contribution is 0.201.